The zero-order chi connectivity index (χ0) is 12.7. The van der Waals surface area contributed by atoms with Crippen molar-refractivity contribution in [2.45, 2.75) is 88.1 Å². The number of ether oxygens (including phenoxy) is 1. The fraction of sp³-hybridized carbons (Fsp3) is 1.00. The third-order valence-electron chi connectivity index (χ3n) is 5.97. The normalized spacial score (nSPS) is 49.9. The van der Waals surface area contributed by atoms with Crippen LogP contribution in [0.25, 0.3) is 0 Å². The molecule has 3 aliphatic heterocycles. The molecule has 2 bridgehead atoms. The predicted molar refractivity (Wildman–Crippen MR) is 76.2 cm³/mol. The Balaban J connectivity index is 1.40. The molecule has 3 nitrogen and oxygen atoms in total. The van der Waals surface area contributed by atoms with Crippen molar-refractivity contribution in [1.82, 2.24) is 10.6 Å². The van der Waals surface area contributed by atoms with Gasteiger partial charge in [-0.25, -0.2) is 0 Å². The van der Waals surface area contributed by atoms with Crippen LogP contribution in [0.4, 0.5) is 0 Å². The molecule has 4 rings (SSSR count). The zero-order valence-corrected chi connectivity index (χ0v) is 11.9. The van der Waals surface area contributed by atoms with Gasteiger partial charge in [-0.1, -0.05) is 12.8 Å². The number of rotatable bonds is 3. The number of hydrogen-bond donors (Lipinski definition) is 2. The largest absolute Gasteiger partial charge is 0.373 e. The summed E-state index contributed by atoms with van der Waals surface area (Å²) in [5, 5.41) is 7.76. The molecule has 0 spiro atoms. The molecule has 0 aromatic rings. The Bertz CT molecular complexity index is 316. The van der Waals surface area contributed by atoms with Crippen LogP contribution >= 0.6 is 0 Å². The second kappa shape index (κ2) is 5.34. The van der Waals surface area contributed by atoms with E-state index in [1.165, 1.54) is 64.3 Å². The fourth-order valence-electron chi connectivity index (χ4n) is 5.01. The first-order valence-corrected chi connectivity index (χ1v) is 8.55. The first-order chi connectivity index (χ1) is 9.40. The summed E-state index contributed by atoms with van der Waals surface area (Å²) in [6, 6.07) is 2.19. The quantitative estimate of drug-likeness (QED) is 0.820. The van der Waals surface area contributed by atoms with E-state index in [4.69, 9.17) is 4.74 Å². The minimum atomic E-state index is 0.532. The van der Waals surface area contributed by atoms with E-state index in [9.17, 15) is 0 Å². The van der Waals surface area contributed by atoms with Gasteiger partial charge in [-0.05, 0) is 57.4 Å². The van der Waals surface area contributed by atoms with E-state index >= 15 is 0 Å². The van der Waals surface area contributed by atoms with Gasteiger partial charge in [0.2, 0.25) is 0 Å². The summed E-state index contributed by atoms with van der Waals surface area (Å²) in [5.74, 6) is 0.871. The van der Waals surface area contributed by atoms with Gasteiger partial charge in [-0.3, -0.25) is 0 Å². The van der Waals surface area contributed by atoms with E-state index in [-0.39, 0.29) is 0 Å². The maximum Gasteiger partial charge on any atom is 0.0733 e. The molecule has 19 heavy (non-hydrogen) atoms. The third-order valence-corrected chi connectivity index (χ3v) is 5.97. The Kier molecular flexibility index (Phi) is 3.55. The molecule has 108 valence electrons. The van der Waals surface area contributed by atoms with E-state index in [1.54, 1.807) is 0 Å². The summed E-state index contributed by atoms with van der Waals surface area (Å²) in [7, 11) is 0. The SMILES string of the molecule is C1CNC(C2CCCCC2NC2CC3CCC2O3)C1. The highest BCUT2D eigenvalue weighted by Crippen LogP contribution is 2.37. The van der Waals surface area contributed by atoms with E-state index in [0.717, 1.165) is 18.0 Å². The summed E-state index contributed by atoms with van der Waals surface area (Å²) in [6.07, 6.45) is 13.4. The molecular weight excluding hydrogens is 236 g/mol. The highest BCUT2D eigenvalue weighted by molar-refractivity contribution is 4.99. The van der Waals surface area contributed by atoms with Crippen molar-refractivity contribution in [3.05, 3.63) is 0 Å². The minimum Gasteiger partial charge on any atom is -0.373 e. The van der Waals surface area contributed by atoms with E-state index < -0.39 is 0 Å². The summed E-state index contributed by atoms with van der Waals surface area (Å²) in [4.78, 5) is 0. The topological polar surface area (TPSA) is 33.3 Å². The van der Waals surface area contributed by atoms with Gasteiger partial charge in [0.15, 0.2) is 0 Å². The van der Waals surface area contributed by atoms with Crippen LogP contribution in [0.5, 0.6) is 0 Å². The fourth-order valence-corrected chi connectivity index (χ4v) is 5.01. The molecule has 0 aromatic heterocycles. The molecule has 3 heteroatoms. The van der Waals surface area contributed by atoms with Crippen LogP contribution in [0.2, 0.25) is 0 Å². The Morgan fingerprint density at radius 2 is 1.84 bits per heavy atom. The van der Waals surface area contributed by atoms with Crippen molar-refractivity contribution >= 4 is 0 Å². The molecule has 6 unspecified atom stereocenters. The van der Waals surface area contributed by atoms with Crippen LogP contribution in [0.1, 0.15) is 57.8 Å². The smallest absolute Gasteiger partial charge is 0.0733 e. The molecule has 1 aliphatic carbocycles. The van der Waals surface area contributed by atoms with Crippen LogP contribution in [0.15, 0.2) is 0 Å². The molecule has 3 saturated heterocycles. The van der Waals surface area contributed by atoms with Crippen LogP contribution in [-0.4, -0.2) is 36.9 Å². The first kappa shape index (κ1) is 12.6. The average Bonchev–Trinajstić information content (AvgIpc) is 3.17. The number of hydrogen-bond acceptors (Lipinski definition) is 3. The highest BCUT2D eigenvalue weighted by Gasteiger charge is 2.43. The maximum absolute atomic E-state index is 6.01. The lowest BCUT2D eigenvalue weighted by Gasteiger charge is -2.39. The Morgan fingerprint density at radius 3 is 2.58 bits per heavy atom. The Labute approximate surface area is 116 Å². The summed E-state index contributed by atoms with van der Waals surface area (Å²) < 4.78 is 6.01. The summed E-state index contributed by atoms with van der Waals surface area (Å²) in [5.41, 5.74) is 0. The van der Waals surface area contributed by atoms with E-state index in [1.807, 2.05) is 0 Å². The third kappa shape index (κ3) is 2.45. The predicted octanol–water partition coefficient (Wildman–Crippen LogP) is 2.21. The molecule has 0 radical (unpaired) electrons. The van der Waals surface area contributed by atoms with Gasteiger partial charge in [0, 0.05) is 18.1 Å². The van der Waals surface area contributed by atoms with Gasteiger partial charge < -0.3 is 15.4 Å². The van der Waals surface area contributed by atoms with Crippen molar-refractivity contribution in [3.8, 4) is 0 Å². The lowest BCUT2D eigenvalue weighted by Crippen LogP contribution is -2.52. The molecule has 1 saturated carbocycles. The molecule has 0 amide bonds. The van der Waals surface area contributed by atoms with Gasteiger partial charge in [-0.2, -0.15) is 0 Å². The van der Waals surface area contributed by atoms with Gasteiger partial charge in [0.1, 0.15) is 0 Å². The molecule has 3 heterocycles. The maximum atomic E-state index is 6.01. The molecule has 2 N–H and O–H groups in total. The minimum absolute atomic E-state index is 0.532. The van der Waals surface area contributed by atoms with Crippen LogP contribution in [0.3, 0.4) is 0 Å². The van der Waals surface area contributed by atoms with Crippen LogP contribution < -0.4 is 10.6 Å². The second-order valence-electron chi connectivity index (χ2n) is 7.14. The van der Waals surface area contributed by atoms with Crippen LogP contribution in [0, 0.1) is 5.92 Å². The molecular formula is C16H28N2O. The van der Waals surface area contributed by atoms with Crippen molar-refractivity contribution in [1.29, 1.82) is 0 Å². The van der Waals surface area contributed by atoms with Crippen molar-refractivity contribution in [3.63, 3.8) is 0 Å². The van der Waals surface area contributed by atoms with Gasteiger partial charge in [0.25, 0.3) is 0 Å². The Hall–Kier alpha value is -0.120. The van der Waals surface area contributed by atoms with Crippen LogP contribution in [-0.2, 0) is 4.74 Å². The number of fused-ring (bicyclic) bond motifs is 2. The standard InChI is InChI=1S/C16H28N2O/c1-2-5-14(12(4-1)13-6-3-9-17-13)18-15-10-11-7-8-16(15)19-11/h11-18H,1-10H2. The molecule has 4 fully saturated rings. The van der Waals surface area contributed by atoms with Crippen molar-refractivity contribution in [2.24, 2.45) is 5.92 Å². The average molecular weight is 264 g/mol. The van der Waals surface area contributed by atoms with Crippen molar-refractivity contribution < 1.29 is 4.74 Å². The molecule has 6 atom stereocenters. The van der Waals surface area contributed by atoms with Gasteiger partial charge in [-0.15, -0.1) is 0 Å². The van der Waals surface area contributed by atoms with E-state index in [2.05, 4.69) is 10.6 Å². The van der Waals surface area contributed by atoms with Gasteiger partial charge >= 0.3 is 0 Å². The zero-order valence-electron chi connectivity index (χ0n) is 11.9. The number of nitrogens with one attached hydrogen (secondary N) is 2. The monoisotopic (exact) mass is 264 g/mol. The second-order valence-corrected chi connectivity index (χ2v) is 7.14. The molecule has 0 aromatic carbocycles. The first-order valence-electron chi connectivity index (χ1n) is 8.55. The Morgan fingerprint density at radius 1 is 0.895 bits per heavy atom. The van der Waals surface area contributed by atoms with Gasteiger partial charge in [0.05, 0.1) is 12.2 Å². The molecule has 4 aliphatic rings. The summed E-state index contributed by atoms with van der Waals surface area (Å²) in [6.45, 7) is 1.24. The highest BCUT2D eigenvalue weighted by atomic mass is 16.5. The summed E-state index contributed by atoms with van der Waals surface area (Å²) >= 11 is 0. The van der Waals surface area contributed by atoms with E-state index in [0.29, 0.717) is 18.2 Å². The lowest BCUT2D eigenvalue weighted by atomic mass is 9.78. The van der Waals surface area contributed by atoms with Crippen molar-refractivity contribution in [2.75, 3.05) is 6.54 Å². The lowest BCUT2D eigenvalue weighted by molar-refractivity contribution is 0.0915.